The van der Waals surface area contributed by atoms with E-state index in [1.54, 1.807) is 0 Å². The summed E-state index contributed by atoms with van der Waals surface area (Å²) in [6.45, 7) is 8.61. The summed E-state index contributed by atoms with van der Waals surface area (Å²) in [5.74, 6) is -2.66. The number of nitrogens with zero attached hydrogens (tertiary/aromatic N) is 2. The molecule has 0 unspecified atom stereocenters. The average Bonchev–Trinajstić information content (AvgIpc) is 2.69. The molecule has 0 radical (unpaired) electrons. The van der Waals surface area contributed by atoms with Crippen LogP contribution in [0.2, 0.25) is 0 Å². The minimum absolute atomic E-state index is 0.606. The number of amides is 2. The SMILES string of the molecule is CC1(C)C(=O)ON(C(C)(C)N2OC(=O)C(C)(C)C2=O)C1=O. The molecule has 0 atom stereocenters. The van der Waals surface area contributed by atoms with E-state index in [1.807, 2.05) is 0 Å². The zero-order valence-electron chi connectivity index (χ0n) is 12.8. The fourth-order valence-electron chi connectivity index (χ4n) is 1.96. The molecule has 0 spiro atoms. The number of carbonyl (C=O) groups excluding carboxylic acids is 4. The molecule has 2 fully saturated rings. The summed E-state index contributed by atoms with van der Waals surface area (Å²) in [7, 11) is 0. The monoisotopic (exact) mass is 298 g/mol. The molecule has 2 saturated heterocycles. The summed E-state index contributed by atoms with van der Waals surface area (Å²) in [4.78, 5) is 58.1. The molecule has 0 aromatic carbocycles. The van der Waals surface area contributed by atoms with Gasteiger partial charge in [-0.3, -0.25) is 9.59 Å². The van der Waals surface area contributed by atoms with Gasteiger partial charge in [-0.25, -0.2) is 9.59 Å². The maximum atomic E-state index is 12.3. The van der Waals surface area contributed by atoms with Crippen molar-refractivity contribution in [2.75, 3.05) is 0 Å². The Bertz CT molecular complexity index is 515. The lowest BCUT2D eigenvalue weighted by atomic mass is 9.92. The van der Waals surface area contributed by atoms with Gasteiger partial charge in [0, 0.05) is 0 Å². The molecule has 0 bridgehead atoms. The van der Waals surface area contributed by atoms with Crippen LogP contribution in [-0.2, 0) is 28.9 Å². The Kier molecular flexibility index (Phi) is 2.88. The van der Waals surface area contributed by atoms with E-state index >= 15 is 0 Å². The molecular weight excluding hydrogens is 280 g/mol. The van der Waals surface area contributed by atoms with Crippen LogP contribution in [0.15, 0.2) is 0 Å². The lowest BCUT2D eigenvalue weighted by molar-refractivity contribution is -0.270. The third-order valence-electron chi connectivity index (χ3n) is 3.80. The van der Waals surface area contributed by atoms with Gasteiger partial charge in [-0.1, -0.05) is 0 Å². The lowest BCUT2D eigenvalue weighted by Crippen LogP contribution is -2.58. The molecule has 2 heterocycles. The highest BCUT2D eigenvalue weighted by molar-refractivity contribution is 6.07. The van der Waals surface area contributed by atoms with Gasteiger partial charge in [0.2, 0.25) is 0 Å². The van der Waals surface area contributed by atoms with Gasteiger partial charge in [0.05, 0.1) is 0 Å². The van der Waals surface area contributed by atoms with Gasteiger partial charge in [-0.05, 0) is 41.5 Å². The number of hydrogen-bond donors (Lipinski definition) is 0. The summed E-state index contributed by atoms with van der Waals surface area (Å²) in [5.41, 5.74) is -4.14. The molecule has 2 rings (SSSR count). The quantitative estimate of drug-likeness (QED) is 0.684. The van der Waals surface area contributed by atoms with Crippen LogP contribution < -0.4 is 0 Å². The maximum absolute atomic E-state index is 12.3. The largest absolute Gasteiger partial charge is 0.347 e. The summed E-state index contributed by atoms with van der Waals surface area (Å²) < 4.78 is 0. The van der Waals surface area contributed by atoms with E-state index in [0.29, 0.717) is 0 Å². The van der Waals surface area contributed by atoms with Crippen molar-refractivity contribution in [1.82, 2.24) is 10.1 Å². The Morgan fingerprint density at radius 3 is 1.24 bits per heavy atom. The number of hydroxylamine groups is 4. The highest BCUT2D eigenvalue weighted by Gasteiger charge is 2.61. The summed E-state index contributed by atoms with van der Waals surface area (Å²) in [6, 6.07) is 0. The Balaban J connectivity index is 2.37. The predicted molar refractivity (Wildman–Crippen MR) is 67.5 cm³/mol. The van der Waals surface area contributed by atoms with Crippen LogP contribution in [-0.4, -0.2) is 39.5 Å². The second kappa shape index (κ2) is 3.96. The van der Waals surface area contributed by atoms with Crippen molar-refractivity contribution in [3.63, 3.8) is 0 Å². The fraction of sp³-hybridized carbons (Fsp3) is 0.692. The molecule has 0 N–H and O–H groups in total. The first-order chi connectivity index (χ1) is 9.34. The van der Waals surface area contributed by atoms with Crippen LogP contribution in [0, 0.1) is 10.8 Å². The van der Waals surface area contributed by atoms with Gasteiger partial charge in [-0.15, -0.1) is 10.1 Å². The highest BCUT2D eigenvalue weighted by Crippen LogP contribution is 2.39. The van der Waals surface area contributed by atoms with E-state index in [9.17, 15) is 19.2 Å². The van der Waals surface area contributed by atoms with Crippen molar-refractivity contribution >= 4 is 23.8 Å². The number of carbonyl (C=O) groups is 4. The zero-order valence-corrected chi connectivity index (χ0v) is 12.8. The summed E-state index contributed by atoms with van der Waals surface area (Å²) in [5, 5.41) is 1.56. The molecule has 116 valence electrons. The van der Waals surface area contributed by atoms with Crippen LogP contribution in [0.3, 0.4) is 0 Å². The van der Waals surface area contributed by atoms with Gasteiger partial charge in [0.25, 0.3) is 11.8 Å². The second-order valence-electron chi connectivity index (χ2n) is 6.70. The molecular formula is C13H18N2O6. The van der Waals surface area contributed by atoms with E-state index in [0.717, 1.165) is 10.1 Å². The summed E-state index contributed by atoms with van der Waals surface area (Å²) >= 11 is 0. The van der Waals surface area contributed by atoms with Crippen molar-refractivity contribution < 1.29 is 28.9 Å². The van der Waals surface area contributed by atoms with Gasteiger partial charge < -0.3 is 9.68 Å². The van der Waals surface area contributed by atoms with Crippen LogP contribution in [0.1, 0.15) is 41.5 Å². The van der Waals surface area contributed by atoms with Crippen molar-refractivity contribution in [2.24, 2.45) is 10.8 Å². The normalized spacial score (nSPS) is 24.5. The standard InChI is InChI=1S/C13H18N2O6/c1-11(2)7(16)14(20-9(11)18)13(5,6)15-8(17)12(3,4)10(19)21-15/h1-6H3. The van der Waals surface area contributed by atoms with Crippen LogP contribution >= 0.6 is 0 Å². The van der Waals surface area contributed by atoms with Gasteiger partial charge in [0.1, 0.15) is 10.8 Å². The van der Waals surface area contributed by atoms with Crippen molar-refractivity contribution in [3.05, 3.63) is 0 Å². The third kappa shape index (κ3) is 1.81. The Hall–Kier alpha value is -2.12. The van der Waals surface area contributed by atoms with Gasteiger partial charge in [-0.2, -0.15) is 0 Å². The van der Waals surface area contributed by atoms with E-state index in [4.69, 9.17) is 9.68 Å². The smallest absolute Gasteiger partial charge is 0.334 e. The van der Waals surface area contributed by atoms with Crippen LogP contribution in [0.5, 0.6) is 0 Å². The summed E-state index contributed by atoms with van der Waals surface area (Å²) in [6.07, 6.45) is 0. The van der Waals surface area contributed by atoms with Crippen molar-refractivity contribution in [1.29, 1.82) is 0 Å². The first-order valence-electron chi connectivity index (χ1n) is 6.48. The van der Waals surface area contributed by atoms with Gasteiger partial charge >= 0.3 is 11.9 Å². The molecule has 8 heteroatoms. The number of hydrogen-bond acceptors (Lipinski definition) is 6. The first kappa shape index (κ1) is 15.3. The molecule has 0 aliphatic carbocycles. The Morgan fingerprint density at radius 2 is 1.05 bits per heavy atom. The van der Waals surface area contributed by atoms with Gasteiger partial charge in [0.15, 0.2) is 5.66 Å². The molecule has 0 saturated carbocycles. The average molecular weight is 298 g/mol. The predicted octanol–water partition coefficient (Wildman–Crippen LogP) is 0.376. The fourth-order valence-corrected chi connectivity index (χ4v) is 1.96. The zero-order chi connectivity index (χ0) is 16.4. The molecule has 21 heavy (non-hydrogen) atoms. The minimum Gasteiger partial charge on any atom is -0.334 e. The maximum Gasteiger partial charge on any atom is 0.347 e. The van der Waals surface area contributed by atoms with E-state index in [2.05, 4.69) is 0 Å². The first-order valence-corrected chi connectivity index (χ1v) is 6.48. The van der Waals surface area contributed by atoms with Crippen molar-refractivity contribution in [3.8, 4) is 0 Å². The Labute approximate surface area is 121 Å². The highest BCUT2D eigenvalue weighted by atomic mass is 16.8. The second-order valence-corrected chi connectivity index (χ2v) is 6.70. The lowest BCUT2D eigenvalue weighted by Gasteiger charge is -2.37. The Morgan fingerprint density at radius 1 is 0.762 bits per heavy atom. The van der Waals surface area contributed by atoms with Crippen LogP contribution in [0.4, 0.5) is 0 Å². The minimum atomic E-state index is -1.44. The topological polar surface area (TPSA) is 93.2 Å². The molecule has 2 aliphatic heterocycles. The molecule has 2 aliphatic rings. The molecule has 8 nitrogen and oxygen atoms in total. The molecule has 0 aromatic rings. The van der Waals surface area contributed by atoms with E-state index in [-0.39, 0.29) is 0 Å². The number of rotatable bonds is 2. The van der Waals surface area contributed by atoms with Crippen molar-refractivity contribution in [2.45, 2.75) is 47.2 Å². The third-order valence-corrected chi connectivity index (χ3v) is 3.80. The molecule has 0 aromatic heterocycles. The van der Waals surface area contributed by atoms with Crippen LogP contribution in [0.25, 0.3) is 0 Å². The molecule has 2 amide bonds. The van der Waals surface area contributed by atoms with E-state index < -0.39 is 40.2 Å². The van der Waals surface area contributed by atoms with E-state index in [1.165, 1.54) is 41.5 Å².